The molecule has 0 aliphatic carbocycles. The molecular formula is C29H59NO2. The Morgan fingerprint density at radius 1 is 0.531 bits per heavy atom. The Hall–Kier alpha value is -0.570. The van der Waals surface area contributed by atoms with Crippen molar-refractivity contribution in [3.05, 3.63) is 0 Å². The summed E-state index contributed by atoms with van der Waals surface area (Å²) in [5.41, 5.74) is 0. The summed E-state index contributed by atoms with van der Waals surface area (Å²) >= 11 is 0. The zero-order valence-electron chi connectivity index (χ0n) is 22.1. The summed E-state index contributed by atoms with van der Waals surface area (Å²) in [4.78, 5) is 11.4. The van der Waals surface area contributed by atoms with Crippen molar-refractivity contribution < 1.29 is 9.90 Å². The van der Waals surface area contributed by atoms with Crippen LogP contribution in [0.1, 0.15) is 168 Å². The van der Waals surface area contributed by atoms with Gasteiger partial charge in [-0.1, -0.05) is 155 Å². The molecule has 0 fully saturated rings. The van der Waals surface area contributed by atoms with Gasteiger partial charge < -0.3 is 10.4 Å². The van der Waals surface area contributed by atoms with Gasteiger partial charge in [0.1, 0.15) is 6.04 Å². The van der Waals surface area contributed by atoms with E-state index in [1.165, 1.54) is 135 Å². The summed E-state index contributed by atoms with van der Waals surface area (Å²) in [6, 6.07) is -0.345. The first-order valence-corrected chi connectivity index (χ1v) is 14.7. The number of hydrogen-bond donors (Lipinski definition) is 2. The first-order chi connectivity index (χ1) is 15.7. The smallest absolute Gasteiger partial charge is 0.320 e. The van der Waals surface area contributed by atoms with Gasteiger partial charge in [-0.05, 0) is 19.4 Å². The maximum atomic E-state index is 11.4. The van der Waals surface area contributed by atoms with Crippen molar-refractivity contribution in [3.63, 3.8) is 0 Å². The Kier molecular flexibility index (Phi) is 26.2. The third kappa shape index (κ3) is 24.1. The van der Waals surface area contributed by atoms with Gasteiger partial charge in [-0.15, -0.1) is 0 Å². The molecule has 3 nitrogen and oxygen atoms in total. The van der Waals surface area contributed by atoms with Gasteiger partial charge in [0.2, 0.25) is 0 Å². The normalized spacial score (nSPS) is 12.3. The second-order valence-electron chi connectivity index (χ2n) is 10.1. The molecule has 2 N–H and O–H groups in total. The molecule has 3 heteroatoms. The molecule has 192 valence electrons. The summed E-state index contributed by atoms with van der Waals surface area (Å²) in [7, 11) is 0. The number of carbonyl (C=O) groups is 1. The molecule has 0 bridgehead atoms. The lowest BCUT2D eigenvalue weighted by Gasteiger charge is -2.14. The van der Waals surface area contributed by atoms with Gasteiger partial charge in [0, 0.05) is 0 Å². The minimum atomic E-state index is -0.674. The zero-order chi connectivity index (χ0) is 23.5. The lowest BCUT2D eigenvalue weighted by Crippen LogP contribution is -2.37. The van der Waals surface area contributed by atoms with Crippen LogP contribution >= 0.6 is 0 Å². The molecule has 1 unspecified atom stereocenters. The molecule has 0 radical (unpaired) electrons. The standard InChI is InChI=1S/C29H59NO2/c1-3-5-7-9-11-12-13-14-15-16-17-18-19-21-23-25-27-30-28(29(31)32)26-24-22-20-10-8-6-4-2/h28,30H,3-27H2,1-2H3,(H,31,32). The third-order valence-electron chi connectivity index (χ3n) is 6.82. The van der Waals surface area contributed by atoms with E-state index < -0.39 is 5.97 Å². The lowest BCUT2D eigenvalue weighted by molar-refractivity contribution is -0.139. The molecule has 0 aromatic rings. The highest BCUT2D eigenvalue weighted by atomic mass is 16.4. The first-order valence-electron chi connectivity index (χ1n) is 14.7. The van der Waals surface area contributed by atoms with Crippen LogP contribution in [-0.4, -0.2) is 23.7 Å². The van der Waals surface area contributed by atoms with E-state index in [1.807, 2.05) is 0 Å². The van der Waals surface area contributed by atoms with Crippen LogP contribution in [0.25, 0.3) is 0 Å². The number of aliphatic carboxylic acids is 1. The second-order valence-corrected chi connectivity index (χ2v) is 10.1. The monoisotopic (exact) mass is 453 g/mol. The highest BCUT2D eigenvalue weighted by molar-refractivity contribution is 5.73. The van der Waals surface area contributed by atoms with Crippen LogP contribution in [0.2, 0.25) is 0 Å². The molecule has 32 heavy (non-hydrogen) atoms. The molecule has 0 saturated carbocycles. The SMILES string of the molecule is CCCCCCCCCCCCCCCCCCNC(CCCCCCCCC)C(=O)O. The first kappa shape index (κ1) is 31.4. The molecule has 0 spiro atoms. The van der Waals surface area contributed by atoms with Crippen LogP contribution < -0.4 is 5.32 Å². The topological polar surface area (TPSA) is 49.3 Å². The molecule has 0 aromatic carbocycles. The molecule has 0 amide bonds. The summed E-state index contributed by atoms with van der Waals surface area (Å²) in [6.07, 6.45) is 31.5. The van der Waals surface area contributed by atoms with Crippen molar-refractivity contribution >= 4 is 5.97 Å². The lowest BCUT2D eigenvalue weighted by atomic mass is 10.0. The fraction of sp³-hybridized carbons (Fsp3) is 0.966. The number of unbranched alkanes of at least 4 members (excludes halogenated alkanes) is 21. The Morgan fingerprint density at radius 3 is 1.19 bits per heavy atom. The molecule has 0 saturated heterocycles. The summed E-state index contributed by atoms with van der Waals surface area (Å²) < 4.78 is 0. The van der Waals surface area contributed by atoms with Crippen LogP contribution in [0.4, 0.5) is 0 Å². The summed E-state index contributed by atoms with van der Waals surface area (Å²) in [5, 5.41) is 12.7. The molecule has 0 aliphatic rings. The fourth-order valence-electron chi connectivity index (χ4n) is 4.57. The van der Waals surface area contributed by atoms with Crippen LogP contribution in [0, 0.1) is 0 Å². The van der Waals surface area contributed by atoms with Gasteiger partial charge in [0.15, 0.2) is 0 Å². The largest absolute Gasteiger partial charge is 0.480 e. The number of carboxylic acid groups (broad SMARTS) is 1. The van der Waals surface area contributed by atoms with Gasteiger partial charge in [-0.25, -0.2) is 0 Å². The van der Waals surface area contributed by atoms with Gasteiger partial charge in [-0.3, -0.25) is 4.79 Å². The van der Waals surface area contributed by atoms with Crippen LogP contribution in [-0.2, 0) is 4.79 Å². The van der Waals surface area contributed by atoms with Crippen molar-refractivity contribution in [2.45, 2.75) is 174 Å². The van der Waals surface area contributed by atoms with E-state index in [0.717, 1.165) is 25.8 Å². The maximum Gasteiger partial charge on any atom is 0.320 e. The average molecular weight is 454 g/mol. The number of carboxylic acids is 1. The minimum absolute atomic E-state index is 0.345. The Labute approximate surface area is 201 Å². The molecular weight excluding hydrogens is 394 g/mol. The van der Waals surface area contributed by atoms with Gasteiger partial charge >= 0.3 is 5.97 Å². The maximum absolute atomic E-state index is 11.4. The average Bonchev–Trinajstić information content (AvgIpc) is 2.78. The predicted octanol–water partition coefficient (Wildman–Crippen LogP) is 9.43. The van der Waals surface area contributed by atoms with Crippen LogP contribution in [0.5, 0.6) is 0 Å². The number of rotatable bonds is 27. The Balaban J connectivity index is 3.34. The van der Waals surface area contributed by atoms with E-state index in [4.69, 9.17) is 0 Å². The molecule has 0 aliphatic heterocycles. The highest BCUT2D eigenvalue weighted by Crippen LogP contribution is 2.14. The van der Waals surface area contributed by atoms with E-state index >= 15 is 0 Å². The van der Waals surface area contributed by atoms with Gasteiger partial charge in [0.05, 0.1) is 0 Å². The van der Waals surface area contributed by atoms with Crippen molar-refractivity contribution in [3.8, 4) is 0 Å². The molecule has 0 aromatic heterocycles. The number of hydrogen-bond acceptors (Lipinski definition) is 2. The van der Waals surface area contributed by atoms with Crippen molar-refractivity contribution in [2.75, 3.05) is 6.54 Å². The van der Waals surface area contributed by atoms with E-state index in [1.54, 1.807) is 0 Å². The summed E-state index contributed by atoms with van der Waals surface area (Å²) in [5.74, 6) is -0.674. The van der Waals surface area contributed by atoms with E-state index in [-0.39, 0.29) is 6.04 Å². The zero-order valence-corrected chi connectivity index (χ0v) is 22.1. The quantitative estimate of drug-likeness (QED) is 0.122. The van der Waals surface area contributed by atoms with Gasteiger partial charge in [0.25, 0.3) is 0 Å². The summed E-state index contributed by atoms with van der Waals surface area (Å²) in [6.45, 7) is 5.38. The Bertz CT molecular complexity index is 372. The molecule has 1 atom stereocenters. The van der Waals surface area contributed by atoms with Crippen molar-refractivity contribution in [2.24, 2.45) is 0 Å². The third-order valence-corrected chi connectivity index (χ3v) is 6.82. The second kappa shape index (κ2) is 26.7. The van der Waals surface area contributed by atoms with Crippen molar-refractivity contribution in [1.29, 1.82) is 0 Å². The van der Waals surface area contributed by atoms with E-state index in [0.29, 0.717) is 0 Å². The Morgan fingerprint density at radius 2 is 0.844 bits per heavy atom. The van der Waals surface area contributed by atoms with Gasteiger partial charge in [-0.2, -0.15) is 0 Å². The van der Waals surface area contributed by atoms with E-state index in [2.05, 4.69) is 19.2 Å². The van der Waals surface area contributed by atoms with Crippen LogP contribution in [0.3, 0.4) is 0 Å². The number of nitrogens with one attached hydrogen (secondary N) is 1. The van der Waals surface area contributed by atoms with E-state index in [9.17, 15) is 9.90 Å². The predicted molar refractivity (Wildman–Crippen MR) is 142 cm³/mol. The fourth-order valence-corrected chi connectivity index (χ4v) is 4.57. The van der Waals surface area contributed by atoms with Crippen molar-refractivity contribution in [1.82, 2.24) is 5.32 Å². The molecule has 0 rings (SSSR count). The van der Waals surface area contributed by atoms with Crippen LogP contribution in [0.15, 0.2) is 0 Å². The molecule has 0 heterocycles. The highest BCUT2D eigenvalue weighted by Gasteiger charge is 2.15. The minimum Gasteiger partial charge on any atom is -0.480 e.